The highest BCUT2D eigenvalue weighted by molar-refractivity contribution is 7.21. The van der Waals surface area contributed by atoms with Gasteiger partial charge < -0.3 is 9.84 Å². The summed E-state index contributed by atoms with van der Waals surface area (Å²) >= 11 is 1.45. The van der Waals surface area contributed by atoms with Crippen LogP contribution in [0.1, 0.15) is 21.6 Å². The number of carbonyl (C=O) groups is 1. The molecule has 0 fully saturated rings. The molecule has 0 bridgehead atoms. The monoisotopic (exact) mass is 365 g/mol. The Labute approximate surface area is 153 Å². The summed E-state index contributed by atoms with van der Waals surface area (Å²) in [4.78, 5) is 24.8. The van der Waals surface area contributed by atoms with E-state index in [-0.39, 0.29) is 11.3 Å². The Balaban J connectivity index is 1.93. The maximum Gasteiger partial charge on any atom is 0.153 e. The summed E-state index contributed by atoms with van der Waals surface area (Å²) in [6, 6.07) is 7.17. The maximum absolute atomic E-state index is 11.0. The van der Waals surface area contributed by atoms with Crippen molar-refractivity contribution in [2.75, 3.05) is 7.11 Å². The highest BCUT2D eigenvalue weighted by Crippen LogP contribution is 2.36. The SMILES string of the molecule is COCc1cnc2c(-c3nc4cc(O)c(C=O)cc4s3)cc(C)cc2n1. The maximum atomic E-state index is 11.0. The van der Waals surface area contributed by atoms with Crippen LogP contribution >= 0.6 is 11.3 Å². The number of thiazole rings is 1. The van der Waals surface area contributed by atoms with E-state index in [4.69, 9.17) is 4.74 Å². The number of ether oxygens (including phenoxy) is 1. The van der Waals surface area contributed by atoms with Gasteiger partial charge in [-0.1, -0.05) is 0 Å². The second kappa shape index (κ2) is 6.44. The summed E-state index contributed by atoms with van der Waals surface area (Å²) in [7, 11) is 1.62. The zero-order chi connectivity index (χ0) is 18.3. The minimum Gasteiger partial charge on any atom is -0.507 e. The Bertz CT molecular complexity index is 1150. The third-order valence-electron chi connectivity index (χ3n) is 4.03. The molecule has 4 rings (SSSR count). The summed E-state index contributed by atoms with van der Waals surface area (Å²) in [5.74, 6) is -0.0672. The molecule has 4 aromatic rings. The summed E-state index contributed by atoms with van der Waals surface area (Å²) < 4.78 is 5.96. The van der Waals surface area contributed by atoms with E-state index in [0.717, 1.165) is 37.6 Å². The number of carbonyl (C=O) groups excluding carboxylic acids is 1. The van der Waals surface area contributed by atoms with Gasteiger partial charge in [-0.2, -0.15) is 0 Å². The molecule has 0 amide bonds. The quantitative estimate of drug-likeness (QED) is 0.553. The van der Waals surface area contributed by atoms with Gasteiger partial charge in [0.15, 0.2) is 6.29 Å². The minimum absolute atomic E-state index is 0.0672. The predicted molar refractivity (Wildman–Crippen MR) is 101 cm³/mol. The molecule has 0 aliphatic rings. The highest BCUT2D eigenvalue weighted by Gasteiger charge is 2.14. The molecule has 0 radical (unpaired) electrons. The van der Waals surface area contributed by atoms with Crippen LogP contribution in [-0.2, 0) is 11.3 Å². The molecule has 0 saturated heterocycles. The molecular formula is C19H15N3O3S. The molecule has 1 N–H and O–H groups in total. The molecule has 0 aliphatic heterocycles. The number of nitrogens with zero attached hydrogens (tertiary/aromatic N) is 3. The summed E-state index contributed by atoms with van der Waals surface area (Å²) in [5.41, 5.74) is 5.13. The molecule has 0 atom stereocenters. The van der Waals surface area contributed by atoms with Crippen LogP contribution in [0.4, 0.5) is 0 Å². The lowest BCUT2D eigenvalue weighted by molar-refractivity contribution is 0.112. The average Bonchev–Trinajstić information content (AvgIpc) is 3.02. The van der Waals surface area contributed by atoms with Gasteiger partial charge in [0.2, 0.25) is 0 Å². The van der Waals surface area contributed by atoms with Crippen molar-refractivity contribution < 1.29 is 14.6 Å². The summed E-state index contributed by atoms with van der Waals surface area (Å²) in [6.45, 7) is 2.40. The number of benzene rings is 2. The third-order valence-corrected chi connectivity index (χ3v) is 5.08. The number of fused-ring (bicyclic) bond motifs is 2. The third kappa shape index (κ3) is 2.81. The van der Waals surface area contributed by atoms with Crippen LogP contribution in [0.5, 0.6) is 5.75 Å². The van der Waals surface area contributed by atoms with Crippen molar-refractivity contribution in [3.8, 4) is 16.3 Å². The van der Waals surface area contributed by atoms with Crippen LogP contribution in [0.25, 0.3) is 31.8 Å². The van der Waals surface area contributed by atoms with E-state index in [1.54, 1.807) is 19.4 Å². The van der Waals surface area contributed by atoms with Crippen molar-refractivity contribution >= 4 is 38.9 Å². The van der Waals surface area contributed by atoms with E-state index in [9.17, 15) is 9.90 Å². The second-order valence-electron chi connectivity index (χ2n) is 5.99. The van der Waals surface area contributed by atoms with E-state index >= 15 is 0 Å². The number of aromatic hydroxyl groups is 1. The fourth-order valence-electron chi connectivity index (χ4n) is 2.87. The lowest BCUT2D eigenvalue weighted by Gasteiger charge is -2.06. The standard InChI is InChI=1S/C19H15N3O3S/c1-10-3-13(18-15(4-10)21-12(7-20-18)9-25-2)19-22-14-6-16(24)11(8-23)5-17(14)26-19/h3-8,24H,9H2,1-2H3. The molecule has 2 aromatic heterocycles. The Kier molecular flexibility index (Phi) is 4.10. The zero-order valence-electron chi connectivity index (χ0n) is 14.2. The highest BCUT2D eigenvalue weighted by atomic mass is 32.1. The molecule has 0 unspecified atom stereocenters. The normalized spacial score (nSPS) is 11.3. The number of aromatic nitrogens is 3. The van der Waals surface area contributed by atoms with E-state index in [1.807, 2.05) is 19.1 Å². The first-order valence-corrected chi connectivity index (χ1v) is 8.75. The number of hydrogen-bond acceptors (Lipinski definition) is 7. The van der Waals surface area contributed by atoms with Gasteiger partial charge in [0.1, 0.15) is 10.8 Å². The number of methoxy groups -OCH3 is 1. The fourth-order valence-corrected chi connectivity index (χ4v) is 3.88. The van der Waals surface area contributed by atoms with Crippen molar-refractivity contribution in [1.29, 1.82) is 0 Å². The van der Waals surface area contributed by atoms with Gasteiger partial charge in [-0.15, -0.1) is 11.3 Å². The zero-order valence-corrected chi connectivity index (χ0v) is 15.0. The van der Waals surface area contributed by atoms with Crippen molar-refractivity contribution in [2.45, 2.75) is 13.5 Å². The van der Waals surface area contributed by atoms with Gasteiger partial charge in [0.05, 0.1) is 45.3 Å². The smallest absolute Gasteiger partial charge is 0.153 e. The first-order valence-electron chi connectivity index (χ1n) is 7.93. The van der Waals surface area contributed by atoms with Gasteiger partial charge in [-0.25, -0.2) is 9.97 Å². The van der Waals surface area contributed by atoms with Crippen LogP contribution < -0.4 is 0 Å². The van der Waals surface area contributed by atoms with Crippen molar-refractivity contribution in [1.82, 2.24) is 15.0 Å². The number of aryl methyl sites for hydroxylation is 1. The summed E-state index contributed by atoms with van der Waals surface area (Å²) in [6.07, 6.45) is 2.34. The number of aldehydes is 1. The number of rotatable bonds is 4. The molecule has 26 heavy (non-hydrogen) atoms. The van der Waals surface area contributed by atoms with E-state index < -0.39 is 0 Å². The van der Waals surface area contributed by atoms with Gasteiger partial charge in [-0.05, 0) is 30.7 Å². The van der Waals surface area contributed by atoms with Crippen LogP contribution in [0, 0.1) is 6.92 Å². The number of phenolic OH excluding ortho intramolecular Hbond substituents is 1. The molecule has 0 spiro atoms. The van der Waals surface area contributed by atoms with Crippen LogP contribution in [0.3, 0.4) is 0 Å². The van der Waals surface area contributed by atoms with Gasteiger partial charge in [0, 0.05) is 18.7 Å². The number of phenols is 1. The Hall–Kier alpha value is -2.90. The molecule has 2 aromatic carbocycles. The molecule has 7 heteroatoms. The van der Waals surface area contributed by atoms with Crippen molar-refractivity contribution in [3.05, 3.63) is 47.3 Å². The molecule has 0 aliphatic carbocycles. The van der Waals surface area contributed by atoms with E-state index in [0.29, 0.717) is 18.4 Å². The second-order valence-corrected chi connectivity index (χ2v) is 7.02. The first-order chi connectivity index (χ1) is 12.6. The minimum atomic E-state index is -0.0672. The number of hydrogen-bond donors (Lipinski definition) is 1. The fraction of sp³-hybridized carbons (Fsp3) is 0.158. The molecule has 130 valence electrons. The molecule has 2 heterocycles. The van der Waals surface area contributed by atoms with Gasteiger partial charge in [-0.3, -0.25) is 9.78 Å². The van der Waals surface area contributed by atoms with Gasteiger partial charge in [0.25, 0.3) is 0 Å². The van der Waals surface area contributed by atoms with Crippen LogP contribution in [0.2, 0.25) is 0 Å². The first kappa shape index (κ1) is 16.6. The Morgan fingerprint density at radius 2 is 2.04 bits per heavy atom. The topological polar surface area (TPSA) is 85.2 Å². The lowest BCUT2D eigenvalue weighted by Crippen LogP contribution is -1.96. The van der Waals surface area contributed by atoms with Crippen LogP contribution in [-0.4, -0.2) is 33.5 Å². The van der Waals surface area contributed by atoms with Crippen molar-refractivity contribution in [2.24, 2.45) is 0 Å². The largest absolute Gasteiger partial charge is 0.507 e. The Morgan fingerprint density at radius 1 is 1.19 bits per heavy atom. The van der Waals surface area contributed by atoms with Crippen LogP contribution in [0.15, 0.2) is 30.5 Å². The molecule has 0 saturated carbocycles. The lowest BCUT2D eigenvalue weighted by atomic mass is 10.1. The summed E-state index contributed by atoms with van der Waals surface area (Å²) in [5, 5.41) is 10.7. The van der Waals surface area contributed by atoms with Crippen molar-refractivity contribution in [3.63, 3.8) is 0 Å². The van der Waals surface area contributed by atoms with E-state index in [2.05, 4.69) is 15.0 Å². The molecule has 6 nitrogen and oxygen atoms in total. The predicted octanol–water partition coefficient (Wildman–Crippen LogP) is 3.88. The van der Waals surface area contributed by atoms with Gasteiger partial charge >= 0.3 is 0 Å². The Morgan fingerprint density at radius 3 is 2.81 bits per heavy atom. The average molecular weight is 365 g/mol. The van der Waals surface area contributed by atoms with E-state index in [1.165, 1.54) is 17.4 Å². The molecular weight excluding hydrogens is 350 g/mol.